The molecular formula is C5H3N3O2. The van der Waals surface area contributed by atoms with Gasteiger partial charge < -0.3 is 5.11 Å². The maximum atomic E-state index is 10.8. The largest absolute Gasteiger partial charge is 0.379 e. The molecule has 2 aliphatic heterocycles. The van der Waals surface area contributed by atoms with Gasteiger partial charge in [0.05, 0.1) is 0 Å². The molecule has 0 aromatic heterocycles. The minimum absolute atomic E-state index is 0.190. The summed E-state index contributed by atoms with van der Waals surface area (Å²) in [4.78, 5) is 14.5. The van der Waals surface area contributed by atoms with E-state index in [1.165, 1.54) is 0 Å². The van der Waals surface area contributed by atoms with Crippen LogP contribution in [0.25, 0.3) is 0 Å². The predicted octanol–water partition coefficient (Wildman–Crippen LogP) is -0.364. The van der Waals surface area contributed by atoms with E-state index in [4.69, 9.17) is 5.11 Å². The highest BCUT2D eigenvalue weighted by Gasteiger charge is 2.30. The first-order chi connectivity index (χ1) is 4.79. The van der Waals surface area contributed by atoms with Crippen molar-refractivity contribution in [1.82, 2.24) is 0 Å². The Morgan fingerprint density at radius 3 is 2.80 bits per heavy atom. The average Bonchev–Trinajstić information content (AvgIpc) is 1.82. The Labute approximate surface area is 55.8 Å². The number of hydrogen-bond acceptors (Lipinski definition) is 5. The third-order valence-electron chi connectivity index (χ3n) is 1.30. The molecule has 50 valence electrons. The van der Waals surface area contributed by atoms with Crippen molar-refractivity contribution in [3.63, 3.8) is 0 Å². The van der Waals surface area contributed by atoms with Crippen LogP contribution in [0.3, 0.4) is 0 Å². The van der Waals surface area contributed by atoms with E-state index in [1.54, 1.807) is 0 Å². The smallest absolute Gasteiger partial charge is 0.220 e. The Bertz CT molecular complexity index is 289. The first-order valence-electron chi connectivity index (χ1n) is 2.71. The van der Waals surface area contributed by atoms with Crippen LogP contribution in [0.2, 0.25) is 0 Å². The SMILES string of the molecule is O=C1C2=C(N=CC1O)N=N2. The highest BCUT2D eigenvalue weighted by atomic mass is 16.3. The molecule has 1 atom stereocenters. The summed E-state index contributed by atoms with van der Waals surface area (Å²) >= 11 is 0. The van der Waals surface area contributed by atoms with Gasteiger partial charge >= 0.3 is 0 Å². The first kappa shape index (κ1) is 5.43. The van der Waals surface area contributed by atoms with Crippen molar-refractivity contribution in [2.24, 2.45) is 15.2 Å². The zero-order valence-corrected chi connectivity index (χ0v) is 4.85. The molecule has 5 heteroatoms. The number of aliphatic hydroxyl groups is 1. The van der Waals surface area contributed by atoms with Gasteiger partial charge in [-0.05, 0) is 0 Å². The van der Waals surface area contributed by atoms with Crippen molar-refractivity contribution in [3.05, 3.63) is 11.5 Å². The average molecular weight is 137 g/mol. The van der Waals surface area contributed by atoms with E-state index in [0.717, 1.165) is 6.21 Å². The van der Waals surface area contributed by atoms with Gasteiger partial charge in [0.15, 0.2) is 11.8 Å². The standard InChI is InChI=1S/C5H3N3O2/c9-2-1-6-5-3(4(2)10)7-8-5/h1-2,9H. The Kier molecular flexibility index (Phi) is 0.853. The van der Waals surface area contributed by atoms with Crippen LogP contribution in [0.15, 0.2) is 26.7 Å². The van der Waals surface area contributed by atoms with Gasteiger partial charge in [-0.15, -0.1) is 10.2 Å². The van der Waals surface area contributed by atoms with Crippen molar-refractivity contribution >= 4 is 12.0 Å². The van der Waals surface area contributed by atoms with Gasteiger partial charge in [-0.3, -0.25) is 4.79 Å². The van der Waals surface area contributed by atoms with Gasteiger partial charge in [0.25, 0.3) is 0 Å². The number of carbonyl (C=O) groups excluding carboxylic acids is 1. The zero-order valence-electron chi connectivity index (χ0n) is 4.85. The monoisotopic (exact) mass is 137 g/mol. The van der Waals surface area contributed by atoms with Gasteiger partial charge in [-0.1, -0.05) is 0 Å². The normalized spacial score (nSPS) is 28.5. The zero-order chi connectivity index (χ0) is 7.14. The summed E-state index contributed by atoms with van der Waals surface area (Å²) in [6, 6.07) is 0. The van der Waals surface area contributed by atoms with E-state index < -0.39 is 11.9 Å². The number of ketones is 1. The number of hydrogen-bond donors (Lipinski definition) is 1. The lowest BCUT2D eigenvalue weighted by atomic mass is 10.1. The van der Waals surface area contributed by atoms with Gasteiger partial charge in [-0.2, -0.15) is 0 Å². The third kappa shape index (κ3) is 0.496. The molecule has 0 saturated carbocycles. The Hall–Kier alpha value is -1.36. The number of azo groups is 1. The summed E-state index contributed by atoms with van der Waals surface area (Å²) in [5.41, 5.74) is 0.190. The molecule has 0 bridgehead atoms. The van der Waals surface area contributed by atoms with Crippen molar-refractivity contribution in [1.29, 1.82) is 0 Å². The van der Waals surface area contributed by atoms with Crippen LogP contribution >= 0.6 is 0 Å². The van der Waals surface area contributed by atoms with E-state index in [2.05, 4.69) is 15.2 Å². The summed E-state index contributed by atoms with van der Waals surface area (Å²) in [5.74, 6) is -0.0877. The molecular weight excluding hydrogens is 134 g/mol. The summed E-state index contributed by atoms with van der Waals surface area (Å²) in [7, 11) is 0. The lowest BCUT2D eigenvalue weighted by Gasteiger charge is -2.14. The number of Topliss-reactive ketones (excluding diaryl/α,β-unsaturated/α-hetero) is 1. The number of aliphatic imine (C=N–C) groups is 1. The molecule has 1 unspecified atom stereocenters. The molecule has 0 radical (unpaired) electrons. The third-order valence-corrected chi connectivity index (χ3v) is 1.30. The van der Waals surface area contributed by atoms with E-state index in [0.29, 0.717) is 5.82 Å². The second-order valence-corrected chi connectivity index (χ2v) is 1.96. The fraction of sp³-hybridized carbons (Fsp3) is 0.200. The number of rotatable bonds is 0. The maximum Gasteiger partial charge on any atom is 0.220 e. The van der Waals surface area contributed by atoms with Crippen LogP contribution in [-0.4, -0.2) is 23.2 Å². The minimum atomic E-state index is -1.13. The van der Waals surface area contributed by atoms with E-state index in [-0.39, 0.29) is 5.70 Å². The van der Waals surface area contributed by atoms with Gasteiger partial charge in [-0.25, -0.2) is 4.99 Å². The van der Waals surface area contributed by atoms with Crippen LogP contribution in [-0.2, 0) is 4.79 Å². The fourth-order valence-corrected chi connectivity index (χ4v) is 0.740. The number of aliphatic hydroxyl groups excluding tert-OH is 1. The van der Waals surface area contributed by atoms with Crippen LogP contribution in [0, 0.1) is 0 Å². The summed E-state index contributed by atoms with van der Waals surface area (Å²) < 4.78 is 0. The number of nitrogens with zero attached hydrogens (tertiary/aromatic N) is 3. The summed E-state index contributed by atoms with van der Waals surface area (Å²) in [6.07, 6.45) is 0.0253. The van der Waals surface area contributed by atoms with Crippen LogP contribution in [0.5, 0.6) is 0 Å². The molecule has 0 fully saturated rings. The molecule has 2 heterocycles. The van der Waals surface area contributed by atoms with Crippen molar-refractivity contribution in [2.45, 2.75) is 6.10 Å². The van der Waals surface area contributed by atoms with Crippen LogP contribution < -0.4 is 0 Å². The van der Waals surface area contributed by atoms with Crippen LogP contribution in [0.4, 0.5) is 0 Å². The molecule has 2 aliphatic rings. The molecule has 1 N–H and O–H groups in total. The van der Waals surface area contributed by atoms with Gasteiger partial charge in [0.2, 0.25) is 11.6 Å². The number of carbonyl (C=O) groups is 1. The van der Waals surface area contributed by atoms with E-state index in [1.807, 2.05) is 0 Å². The molecule has 0 saturated heterocycles. The Morgan fingerprint density at radius 2 is 2.30 bits per heavy atom. The van der Waals surface area contributed by atoms with Crippen LogP contribution in [0.1, 0.15) is 0 Å². The van der Waals surface area contributed by atoms with Gasteiger partial charge in [0, 0.05) is 6.21 Å². The molecule has 0 aromatic rings. The van der Waals surface area contributed by atoms with Crippen molar-refractivity contribution < 1.29 is 9.90 Å². The summed E-state index contributed by atoms with van der Waals surface area (Å²) in [6.45, 7) is 0. The van der Waals surface area contributed by atoms with E-state index >= 15 is 0 Å². The fourth-order valence-electron chi connectivity index (χ4n) is 0.740. The maximum absolute atomic E-state index is 10.8. The van der Waals surface area contributed by atoms with Crippen molar-refractivity contribution in [3.8, 4) is 0 Å². The highest BCUT2D eigenvalue weighted by molar-refractivity contribution is 6.10. The van der Waals surface area contributed by atoms with Crippen molar-refractivity contribution in [2.75, 3.05) is 0 Å². The van der Waals surface area contributed by atoms with E-state index in [9.17, 15) is 4.79 Å². The lowest BCUT2D eigenvalue weighted by Crippen LogP contribution is -2.28. The summed E-state index contributed by atoms with van der Waals surface area (Å²) in [5, 5.41) is 15.7. The molecule has 10 heavy (non-hydrogen) atoms. The molecule has 0 spiro atoms. The lowest BCUT2D eigenvalue weighted by molar-refractivity contribution is -0.120. The second kappa shape index (κ2) is 1.57. The predicted molar refractivity (Wildman–Crippen MR) is 31.4 cm³/mol. The molecule has 2 rings (SSSR count). The topological polar surface area (TPSA) is 74.4 Å². The second-order valence-electron chi connectivity index (χ2n) is 1.96. The quantitative estimate of drug-likeness (QED) is 0.494. The Morgan fingerprint density at radius 1 is 1.50 bits per heavy atom. The highest BCUT2D eigenvalue weighted by Crippen LogP contribution is 2.24. The minimum Gasteiger partial charge on any atom is -0.379 e. The van der Waals surface area contributed by atoms with Gasteiger partial charge in [0.1, 0.15) is 0 Å². The molecule has 0 amide bonds. The molecule has 5 nitrogen and oxygen atoms in total. The Balaban J connectivity index is 2.40. The molecule has 0 aromatic carbocycles. The molecule has 0 aliphatic carbocycles. The first-order valence-corrected chi connectivity index (χ1v) is 2.71.